The molecule has 2 amide bonds. The van der Waals surface area contributed by atoms with Gasteiger partial charge in [0.25, 0.3) is 0 Å². The van der Waals surface area contributed by atoms with Crippen molar-refractivity contribution in [3.8, 4) is 11.1 Å². The summed E-state index contributed by atoms with van der Waals surface area (Å²) in [6.45, 7) is 2.12. The minimum absolute atomic E-state index is 0.0485. The van der Waals surface area contributed by atoms with Crippen LogP contribution in [-0.2, 0) is 16.1 Å². The molecule has 0 saturated heterocycles. The lowest BCUT2D eigenvalue weighted by atomic mass is 10.0. The van der Waals surface area contributed by atoms with Crippen LogP contribution in [0.25, 0.3) is 11.1 Å². The van der Waals surface area contributed by atoms with Crippen LogP contribution in [0.2, 0.25) is 0 Å². The molecule has 22 heavy (non-hydrogen) atoms. The normalized spacial score (nSPS) is 10.2. The van der Waals surface area contributed by atoms with Gasteiger partial charge < -0.3 is 10.6 Å². The van der Waals surface area contributed by atoms with Crippen LogP contribution in [0.3, 0.4) is 0 Å². The van der Waals surface area contributed by atoms with Gasteiger partial charge >= 0.3 is 0 Å². The number of rotatable bonds is 6. The first-order valence-corrected chi connectivity index (χ1v) is 7.30. The van der Waals surface area contributed by atoms with E-state index < -0.39 is 5.91 Å². The van der Waals surface area contributed by atoms with Gasteiger partial charge in [0.2, 0.25) is 11.8 Å². The van der Waals surface area contributed by atoms with Gasteiger partial charge in [-0.3, -0.25) is 9.59 Å². The van der Waals surface area contributed by atoms with E-state index >= 15 is 0 Å². The molecular formula is C18H20N2O2. The van der Waals surface area contributed by atoms with Gasteiger partial charge in [-0.25, -0.2) is 0 Å². The Morgan fingerprint density at radius 1 is 0.955 bits per heavy atom. The van der Waals surface area contributed by atoms with Crippen molar-refractivity contribution in [2.45, 2.75) is 19.9 Å². The second kappa shape index (κ2) is 7.41. The van der Waals surface area contributed by atoms with Crippen molar-refractivity contribution in [2.75, 3.05) is 6.54 Å². The summed E-state index contributed by atoms with van der Waals surface area (Å²) in [5.41, 5.74) is 8.45. The average Bonchev–Trinajstić information content (AvgIpc) is 2.54. The Bertz CT molecular complexity index is 636. The van der Waals surface area contributed by atoms with E-state index in [0.717, 1.165) is 16.7 Å². The molecule has 0 unspecified atom stereocenters. The van der Waals surface area contributed by atoms with Crippen LogP contribution in [0.4, 0.5) is 0 Å². The zero-order valence-corrected chi connectivity index (χ0v) is 12.7. The Balaban J connectivity index is 2.12. The maximum absolute atomic E-state index is 11.9. The van der Waals surface area contributed by atoms with E-state index in [-0.39, 0.29) is 12.5 Å². The summed E-state index contributed by atoms with van der Waals surface area (Å²) in [6.07, 6.45) is 0.357. The molecule has 0 aromatic heterocycles. The van der Waals surface area contributed by atoms with Crippen LogP contribution in [-0.4, -0.2) is 23.3 Å². The lowest BCUT2D eigenvalue weighted by Crippen LogP contribution is -2.37. The number of primary amides is 1. The molecule has 4 heteroatoms. The summed E-state index contributed by atoms with van der Waals surface area (Å²) >= 11 is 0. The zero-order chi connectivity index (χ0) is 15.9. The van der Waals surface area contributed by atoms with Crippen molar-refractivity contribution < 1.29 is 9.59 Å². The third-order valence-electron chi connectivity index (χ3n) is 3.44. The minimum atomic E-state index is -0.497. The summed E-state index contributed by atoms with van der Waals surface area (Å²) < 4.78 is 0. The van der Waals surface area contributed by atoms with E-state index in [1.54, 1.807) is 6.92 Å². The number of hydrogen-bond acceptors (Lipinski definition) is 2. The van der Waals surface area contributed by atoms with Crippen molar-refractivity contribution in [2.24, 2.45) is 5.73 Å². The van der Waals surface area contributed by atoms with Crippen LogP contribution >= 0.6 is 0 Å². The van der Waals surface area contributed by atoms with Gasteiger partial charge in [0.05, 0.1) is 6.54 Å². The van der Waals surface area contributed by atoms with Crippen LogP contribution in [0, 0.1) is 0 Å². The van der Waals surface area contributed by atoms with Gasteiger partial charge in [0, 0.05) is 13.0 Å². The Kier molecular flexibility index (Phi) is 5.31. The molecule has 2 N–H and O–H groups in total. The highest BCUT2D eigenvalue weighted by Crippen LogP contribution is 2.19. The zero-order valence-electron chi connectivity index (χ0n) is 12.7. The van der Waals surface area contributed by atoms with Crippen molar-refractivity contribution in [3.05, 3.63) is 60.2 Å². The molecule has 0 bridgehead atoms. The largest absolute Gasteiger partial charge is 0.368 e. The smallest absolute Gasteiger partial charge is 0.237 e. The molecule has 2 aromatic rings. The SMILES string of the molecule is CCC(=O)N(CC(N)=O)Cc1ccc(-c2ccccc2)cc1. The highest BCUT2D eigenvalue weighted by atomic mass is 16.2. The first kappa shape index (κ1) is 15.8. The van der Waals surface area contributed by atoms with E-state index in [4.69, 9.17) is 5.73 Å². The number of nitrogens with zero attached hydrogens (tertiary/aromatic N) is 1. The van der Waals surface area contributed by atoms with Gasteiger partial charge in [-0.2, -0.15) is 0 Å². The number of benzene rings is 2. The molecule has 0 fully saturated rings. The predicted molar refractivity (Wildman–Crippen MR) is 86.8 cm³/mol. The summed E-state index contributed by atoms with van der Waals surface area (Å²) in [6, 6.07) is 18.1. The van der Waals surface area contributed by atoms with E-state index in [1.165, 1.54) is 4.90 Å². The van der Waals surface area contributed by atoms with Crippen molar-refractivity contribution >= 4 is 11.8 Å². The number of hydrogen-bond donors (Lipinski definition) is 1. The summed E-state index contributed by atoms with van der Waals surface area (Å²) in [5.74, 6) is -0.575. The van der Waals surface area contributed by atoms with E-state index in [9.17, 15) is 9.59 Å². The molecule has 2 aromatic carbocycles. The second-order valence-corrected chi connectivity index (χ2v) is 5.13. The van der Waals surface area contributed by atoms with Crippen LogP contribution in [0.1, 0.15) is 18.9 Å². The molecule has 0 spiro atoms. The molecule has 0 saturated carbocycles. The molecule has 0 atom stereocenters. The standard InChI is InChI=1S/C18H20N2O2/c1-2-18(22)20(13-17(19)21)12-14-8-10-16(11-9-14)15-6-4-3-5-7-15/h3-11H,2,12-13H2,1H3,(H2,19,21). The van der Waals surface area contributed by atoms with Gasteiger partial charge in [-0.05, 0) is 16.7 Å². The summed E-state index contributed by atoms with van der Waals surface area (Å²) in [5, 5.41) is 0. The van der Waals surface area contributed by atoms with Gasteiger partial charge in [0.15, 0.2) is 0 Å². The molecule has 0 heterocycles. The number of nitrogens with two attached hydrogens (primary N) is 1. The summed E-state index contributed by atoms with van der Waals surface area (Å²) in [4.78, 5) is 24.4. The molecule has 114 valence electrons. The van der Waals surface area contributed by atoms with Crippen LogP contribution < -0.4 is 5.73 Å². The first-order chi connectivity index (χ1) is 10.6. The highest BCUT2D eigenvalue weighted by molar-refractivity contribution is 5.83. The van der Waals surface area contributed by atoms with Gasteiger partial charge in [0.1, 0.15) is 0 Å². The van der Waals surface area contributed by atoms with Crippen LogP contribution in [0.15, 0.2) is 54.6 Å². The highest BCUT2D eigenvalue weighted by Gasteiger charge is 2.14. The topological polar surface area (TPSA) is 63.4 Å². The number of carbonyl (C=O) groups excluding carboxylic acids is 2. The molecule has 2 rings (SSSR count). The molecule has 0 aliphatic rings. The number of carbonyl (C=O) groups is 2. The van der Waals surface area contributed by atoms with E-state index in [1.807, 2.05) is 42.5 Å². The van der Waals surface area contributed by atoms with Crippen LogP contribution in [0.5, 0.6) is 0 Å². The second-order valence-electron chi connectivity index (χ2n) is 5.13. The van der Waals surface area contributed by atoms with Crippen molar-refractivity contribution in [3.63, 3.8) is 0 Å². The third kappa shape index (κ3) is 4.19. The Hall–Kier alpha value is -2.62. The fourth-order valence-corrected chi connectivity index (χ4v) is 2.30. The fraction of sp³-hybridized carbons (Fsp3) is 0.222. The minimum Gasteiger partial charge on any atom is -0.368 e. The Morgan fingerprint density at radius 3 is 2.09 bits per heavy atom. The van der Waals surface area contributed by atoms with Gasteiger partial charge in [-0.1, -0.05) is 61.5 Å². The Labute approximate surface area is 130 Å². The van der Waals surface area contributed by atoms with E-state index in [2.05, 4.69) is 12.1 Å². The number of amides is 2. The third-order valence-corrected chi connectivity index (χ3v) is 3.44. The average molecular weight is 296 g/mol. The van der Waals surface area contributed by atoms with Gasteiger partial charge in [-0.15, -0.1) is 0 Å². The quantitative estimate of drug-likeness (QED) is 0.890. The van der Waals surface area contributed by atoms with Crippen molar-refractivity contribution in [1.82, 2.24) is 4.90 Å². The maximum Gasteiger partial charge on any atom is 0.237 e. The molecule has 0 aliphatic heterocycles. The van der Waals surface area contributed by atoms with E-state index in [0.29, 0.717) is 13.0 Å². The Morgan fingerprint density at radius 2 is 1.55 bits per heavy atom. The molecule has 0 aliphatic carbocycles. The predicted octanol–water partition coefficient (Wildman–Crippen LogP) is 2.58. The monoisotopic (exact) mass is 296 g/mol. The maximum atomic E-state index is 11.9. The summed E-state index contributed by atoms with van der Waals surface area (Å²) in [7, 11) is 0. The molecular weight excluding hydrogens is 276 g/mol. The first-order valence-electron chi connectivity index (χ1n) is 7.30. The fourth-order valence-electron chi connectivity index (χ4n) is 2.30. The lowest BCUT2D eigenvalue weighted by Gasteiger charge is -2.20. The van der Waals surface area contributed by atoms with Crippen molar-refractivity contribution in [1.29, 1.82) is 0 Å². The molecule has 0 radical (unpaired) electrons. The molecule has 4 nitrogen and oxygen atoms in total. The lowest BCUT2D eigenvalue weighted by molar-refractivity contribution is -0.135.